The summed E-state index contributed by atoms with van der Waals surface area (Å²) in [5.41, 5.74) is 1.98. The molecule has 0 spiro atoms. The van der Waals surface area contributed by atoms with Crippen molar-refractivity contribution < 1.29 is 0 Å². The van der Waals surface area contributed by atoms with E-state index in [0.717, 1.165) is 11.1 Å². The van der Waals surface area contributed by atoms with Crippen molar-refractivity contribution >= 4 is 0 Å². The van der Waals surface area contributed by atoms with Crippen LogP contribution in [0.25, 0.3) is 0 Å². The van der Waals surface area contributed by atoms with Crippen LogP contribution in [0.4, 0.5) is 0 Å². The molecule has 0 fully saturated rings. The van der Waals surface area contributed by atoms with E-state index in [1.165, 1.54) is 0 Å². The van der Waals surface area contributed by atoms with Gasteiger partial charge in [0.05, 0.1) is 0 Å². The summed E-state index contributed by atoms with van der Waals surface area (Å²) in [6.07, 6.45) is 6.83. The van der Waals surface area contributed by atoms with Crippen LogP contribution in [0.15, 0.2) is 24.3 Å². The molecule has 0 nitrogen and oxygen atoms in total. The van der Waals surface area contributed by atoms with E-state index in [4.69, 9.17) is 6.42 Å². The Balaban J connectivity index is 3.20. The molecule has 0 heterocycles. The summed E-state index contributed by atoms with van der Waals surface area (Å²) in [7, 11) is 0. The van der Waals surface area contributed by atoms with Crippen molar-refractivity contribution in [3.05, 3.63) is 41.8 Å². The summed E-state index contributed by atoms with van der Waals surface area (Å²) >= 11 is 0. The number of benzene rings is 1. The lowest BCUT2D eigenvalue weighted by molar-refractivity contribution is 1.44. The molecule has 0 radical (unpaired) electrons. The van der Waals surface area contributed by atoms with Gasteiger partial charge >= 0.3 is 0 Å². The van der Waals surface area contributed by atoms with Gasteiger partial charge in [-0.1, -0.05) is 25.1 Å². The van der Waals surface area contributed by atoms with Gasteiger partial charge in [-0.3, -0.25) is 5.92 Å². The molecule has 0 saturated carbocycles. The van der Waals surface area contributed by atoms with E-state index in [1.807, 2.05) is 31.2 Å². The zero-order chi connectivity index (χ0) is 6.69. The van der Waals surface area contributed by atoms with E-state index in [-0.39, 0.29) is 0 Å². The van der Waals surface area contributed by atoms with E-state index in [9.17, 15) is 0 Å². The third-order valence-electron chi connectivity index (χ3n) is 1.28. The Morgan fingerprint density at radius 3 is 2.44 bits per heavy atom. The average Bonchev–Trinajstić information content (AvgIpc) is 1.89. The highest BCUT2D eigenvalue weighted by atomic mass is 13.9. The molecule has 0 aliphatic heterocycles. The number of hydrogen-bond acceptors (Lipinski definition) is 0. The molecule has 0 amide bonds. The van der Waals surface area contributed by atoms with Crippen molar-refractivity contribution in [3.8, 4) is 5.92 Å². The summed E-state index contributed by atoms with van der Waals surface area (Å²) in [6.45, 7) is 1.97. The first-order chi connectivity index (χ1) is 4.34. The van der Waals surface area contributed by atoms with Crippen molar-refractivity contribution in [2.45, 2.75) is 6.92 Å². The fourth-order valence-electron chi connectivity index (χ4n) is 0.713. The lowest BCUT2D eigenvalue weighted by Crippen LogP contribution is -1.77. The Labute approximate surface area is 55.5 Å². The molecule has 1 rings (SSSR count). The van der Waals surface area contributed by atoms with Crippen LogP contribution in [0, 0.1) is 19.3 Å². The highest BCUT2D eigenvalue weighted by Crippen LogP contribution is 2.03. The zero-order valence-electron chi connectivity index (χ0n) is 5.31. The molecular formula is C9H7-. The third kappa shape index (κ3) is 1.12. The predicted molar refractivity (Wildman–Crippen MR) is 37.4 cm³/mol. The van der Waals surface area contributed by atoms with Gasteiger partial charge in [0, 0.05) is 0 Å². The van der Waals surface area contributed by atoms with E-state index < -0.39 is 0 Å². The smallest absolute Gasteiger partial charge is 0.0555 e. The first kappa shape index (κ1) is 5.91. The van der Waals surface area contributed by atoms with Gasteiger partial charge < -0.3 is 6.42 Å². The van der Waals surface area contributed by atoms with Gasteiger partial charge in [0.25, 0.3) is 0 Å². The summed E-state index contributed by atoms with van der Waals surface area (Å²) < 4.78 is 0. The fourth-order valence-corrected chi connectivity index (χ4v) is 0.713. The van der Waals surface area contributed by atoms with Gasteiger partial charge in [-0.2, -0.15) is 0 Å². The third-order valence-corrected chi connectivity index (χ3v) is 1.28. The standard InChI is InChI=1S/C9H7/c1-3-9-7-5-4-6-8(9)2/h4-7H,2H3/q-1. The monoisotopic (exact) mass is 115 g/mol. The van der Waals surface area contributed by atoms with Crippen LogP contribution in [0.1, 0.15) is 11.1 Å². The van der Waals surface area contributed by atoms with Crippen molar-refractivity contribution in [3.63, 3.8) is 0 Å². The summed E-state index contributed by atoms with van der Waals surface area (Å²) in [5.74, 6) is 2.35. The molecule has 0 bridgehead atoms. The zero-order valence-corrected chi connectivity index (χ0v) is 5.31. The number of aryl methyl sites for hydroxylation is 1. The predicted octanol–water partition coefficient (Wildman–Crippen LogP) is 1.93. The van der Waals surface area contributed by atoms with Gasteiger partial charge in [-0.25, -0.2) is 0 Å². The lowest BCUT2D eigenvalue weighted by Gasteiger charge is -2.02. The maximum atomic E-state index is 6.83. The molecule has 44 valence electrons. The Morgan fingerprint density at radius 2 is 2.00 bits per heavy atom. The van der Waals surface area contributed by atoms with Gasteiger partial charge in [-0.05, 0) is 0 Å². The minimum absolute atomic E-state index is 0.873. The Kier molecular flexibility index (Phi) is 1.55. The Morgan fingerprint density at radius 1 is 1.33 bits per heavy atom. The minimum atomic E-state index is 0.873. The quantitative estimate of drug-likeness (QED) is 0.358. The van der Waals surface area contributed by atoms with Crippen LogP contribution < -0.4 is 0 Å². The number of hydrogen-bond donors (Lipinski definition) is 0. The Hall–Kier alpha value is -1.22. The molecule has 0 N–H and O–H groups in total. The van der Waals surface area contributed by atoms with Crippen molar-refractivity contribution in [2.75, 3.05) is 0 Å². The van der Waals surface area contributed by atoms with E-state index in [0.29, 0.717) is 0 Å². The first-order valence-electron chi connectivity index (χ1n) is 2.83. The first-order valence-corrected chi connectivity index (χ1v) is 2.83. The van der Waals surface area contributed by atoms with Crippen LogP contribution in [-0.2, 0) is 0 Å². The molecule has 0 heteroatoms. The highest BCUT2D eigenvalue weighted by molar-refractivity contribution is 5.37. The largest absolute Gasteiger partial charge is 0.366 e. The maximum Gasteiger partial charge on any atom is -0.0555 e. The van der Waals surface area contributed by atoms with Gasteiger partial charge in [0.15, 0.2) is 0 Å². The molecule has 1 aromatic rings. The summed E-state index contributed by atoms with van der Waals surface area (Å²) in [4.78, 5) is 0. The van der Waals surface area contributed by atoms with E-state index in [1.54, 1.807) is 0 Å². The van der Waals surface area contributed by atoms with Gasteiger partial charge in [0.2, 0.25) is 0 Å². The second kappa shape index (κ2) is 2.37. The van der Waals surface area contributed by atoms with Crippen molar-refractivity contribution in [2.24, 2.45) is 0 Å². The van der Waals surface area contributed by atoms with Crippen LogP contribution in [0.2, 0.25) is 0 Å². The number of rotatable bonds is 0. The van der Waals surface area contributed by atoms with Crippen molar-refractivity contribution in [1.82, 2.24) is 0 Å². The molecule has 0 unspecified atom stereocenters. The van der Waals surface area contributed by atoms with Gasteiger partial charge in [0.1, 0.15) is 0 Å². The molecule has 0 aromatic heterocycles. The van der Waals surface area contributed by atoms with Crippen LogP contribution in [-0.4, -0.2) is 0 Å². The fraction of sp³-hybridized carbons (Fsp3) is 0.111. The average molecular weight is 115 g/mol. The molecule has 0 atom stereocenters. The molecule has 1 aromatic carbocycles. The summed E-state index contributed by atoms with van der Waals surface area (Å²) in [5, 5.41) is 0. The second-order valence-corrected chi connectivity index (χ2v) is 1.94. The second-order valence-electron chi connectivity index (χ2n) is 1.94. The highest BCUT2D eigenvalue weighted by Gasteiger charge is 1.78. The Bertz CT molecular complexity index is 240. The van der Waals surface area contributed by atoms with Gasteiger partial charge in [-0.15, -0.1) is 17.2 Å². The normalized spacial score (nSPS) is 8.44. The van der Waals surface area contributed by atoms with E-state index in [2.05, 4.69) is 5.92 Å². The molecule has 0 aliphatic carbocycles. The SMILES string of the molecule is [C-]#Cc1ccccc1C. The van der Waals surface area contributed by atoms with Crippen LogP contribution >= 0.6 is 0 Å². The van der Waals surface area contributed by atoms with Crippen LogP contribution in [0.5, 0.6) is 0 Å². The van der Waals surface area contributed by atoms with Crippen molar-refractivity contribution in [1.29, 1.82) is 0 Å². The minimum Gasteiger partial charge on any atom is -0.366 e. The van der Waals surface area contributed by atoms with Crippen LogP contribution in [0.3, 0.4) is 0 Å². The molecule has 0 aliphatic rings. The topological polar surface area (TPSA) is 0 Å². The van der Waals surface area contributed by atoms with E-state index >= 15 is 0 Å². The molecular weight excluding hydrogens is 108 g/mol. The maximum absolute atomic E-state index is 6.83. The summed E-state index contributed by atoms with van der Waals surface area (Å²) in [6, 6.07) is 7.71. The molecule has 0 saturated heterocycles. The lowest BCUT2D eigenvalue weighted by atomic mass is 10.1. The molecule has 9 heavy (non-hydrogen) atoms.